The zero-order valence-corrected chi connectivity index (χ0v) is 16.9. The van der Waals surface area contributed by atoms with Gasteiger partial charge in [0, 0.05) is 15.6 Å². The molecule has 0 unspecified atom stereocenters. The molecule has 0 atom stereocenters. The Hall–Kier alpha value is -2.15. The lowest BCUT2D eigenvalue weighted by Crippen LogP contribution is -2.14. The Labute approximate surface area is 168 Å². The summed E-state index contributed by atoms with van der Waals surface area (Å²) in [5.74, 6) is 0.661. The number of sulfonamides is 1. The van der Waals surface area contributed by atoms with Gasteiger partial charge in [0.2, 0.25) is 0 Å². The smallest absolute Gasteiger partial charge is 0.263 e. The van der Waals surface area contributed by atoms with Crippen molar-refractivity contribution >= 4 is 39.1 Å². The van der Waals surface area contributed by atoms with Crippen LogP contribution < -0.4 is 9.46 Å². The van der Waals surface area contributed by atoms with E-state index < -0.39 is 10.0 Å². The second-order valence-electron chi connectivity index (χ2n) is 5.70. The second-order valence-corrected chi connectivity index (χ2v) is 8.63. The van der Waals surface area contributed by atoms with Gasteiger partial charge in [0.25, 0.3) is 10.0 Å². The molecule has 0 saturated heterocycles. The fourth-order valence-corrected chi connectivity index (χ4v) is 4.88. The minimum Gasteiger partial charge on any atom is -0.489 e. The first-order valence-corrected chi connectivity index (χ1v) is 11.2. The first-order chi connectivity index (χ1) is 13.0. The number of rotatable bonds is 7. The van der Waals surface area contributed by atoms with E-state index >= 15 is 0 Å². The van der Waals surface area contributed by atoms with Gasteiger partial charge < -0.3 is 4.74 Å². The Bertz CT molecular complexity index is 1010. The normalized spacial score (nSPS) is 11.2. The van der Waals surface area contributed by atoms with E-state index in [1.165, 1.54) is 17.8 Å². The number of hydrogen-bond acceptors (Lipinski definition) is 4. The van der Waals surface area contributed by atoms with Crippen molar-refractivity contribution in [3.05, 3.63) is 83.4 Å². The summed E-state index contributed by atoms with van der Waals surface area (Å²) in [6, 6.07) is 21.4. The Morgan fingerprint density at radius 2 is 1.70 bits per heavy atom. The van der Waals surface area contributed by atoms with Gasteiger partial charge in [-0.05, 0) is 54.3 Å². The zero-order valence-electron chi connectivity index (χ0n) is 14.6. The highest BCUT2D eigenvalue weighted by Crippen LogP contribution is 2.29. The summed E-state index contributed by atoms with van der Waals surface area (Å²) in [4.78, 5) is 0.793. The molecule has 140 valence electrons. The molecule has 0 aliphatic rings. The van der Waals surface area contributed by atoms with Crippen molar-refractivity contribution in [3.8, 4) is 5.75 Å². The Morgan fingerprint density at radius 3 is 2.37 bits per heavy atom. The van der Waals surface area contributed by atoms with Crippen LogP contribution in [0.25, 0.3) is 0 Å². The van der Waals surface area contributed by atoms with E-state index in [0.717, 1.165) is 5.56 Å². The first-order valence-electron chi connectivity index (χ1n) is 8.11. The van der Waals surface area contributed by atoms with Crippen LogP contribution in [0.3, 0.4) is 0 Å². The summed E-state index contributed by atoms with van der Waals surface area (Å²) in [6.07, 6.45) is 1.82. The highest BCUT2D eigenvalue weighted by molar-refractivity contribution is 7.99. The lowest BCUT2D eigenvalue weighted by atomic mass is 10.2. The lowest BCUT2D eigenvalue weighted by molar-refractivity contribution is 0.306. The molecule has 0 spiro atoms. The second kappa shape index (κ2) is 8.69. The van der Waals surface area contributed by atoms with Gasteiger partial charge in [-0.25, -0.2) is 8.42 Å². The Morgan fingerprint density at radius 1 is 1.00 bits per heavy atom. The van der Waals surface area contributed by atoms with Gasteiger partial charge in [0.05, 0.1) is 0 Å². The van der Waals surface area contributed by atoms with Gasteiger partial charge in [-0.2, -0.15) is 0 Å². The number of benzene rings is 3. The number of anilines is 1. The van der Waals surface area contributed by atoms with Crippen molar-refractivity contribution < 1.29 is 13.2 Å². The van der Waals surface area contributed by atoms with Crippen LogP contribution in [0.15, 0.2) is 82.6 Å². The van der Waals surface area contributed by atoms with E-state index in [1.54, 1.807) is 36.4 Å². The van der Waals surface area contributed by atoms with E-state index in [-0.39, 0.29) is 4.90 Å². The fourth-order valence-electron chi connectivity index (χ4n) is 2.43. The lowest BCUT2D eigenvalue weighted by Gasteiger charge is -2.12. The molecule has 0 bridgehead atoms. The summed E-state index contributed by atoms with van der Waals surface area (Å²) >= 11 is 7.32. The molecule has 1 N–H and O–H groups in total. The molecule has 0 amide bonds. The average Bonchev–Trinajstić information content (AvgIpc) is 2.68. The summed E-state index contributed by atoms with van der Waals surface area (Å²) in [5.41, 5.74) is 1.52. The van der Waals surface area contributed by atoms with Crippen molar-refractivity contribution in [3.63, 3.8) is 0 Å². The van der Waals surface area contributed by atoms with E-state index in [4.69, 9.17) is 16.3 Å². The molecule has 4 nitrogen and oxygen atoms in total. The van der Waals surface area contributed by atoms with E-state index in [2.05, 4.69) is 4.72 Å². The van der Waals surface area contributed by atoms with Crippen molar-refractivity contribution in [1.82, 2.24) is 0 Å². The minimum atomic E-state index is -3.74. The van der Waals surface area contributed by atoms with E-state index in [9.17, 15) is 8.42 Å². The standard InChI is InChI=1S/C20H18ClNO3S2/c1-26-19-12-7-16(21)13-20(19)27(23,24)22-17-8-10-18(11-9-17)25-14-15-5-3-2-4-6-15/h2-13,22H,14H2,1H3. The van der Waals surface area contributed by atoms with Crippen LogP contribution >= 0.6 is 23.4 Å². The Kier molecular flexibility index (Phi) is 6.31. The SMILES string of the molecule is CSc1ccc(Cl)cc1S(=O)(=O)Nc1ccc(OCc2ccccc2)cc1. The fraction of sp³-hybridized carbons (Fsp3) is 0.100. The quantitative estimate of drug-likeness (QED) is 0.518. The number of halogens is 1. The van der Waals surface area contributed by atoms with Crippen LogP contribution in [0.1, 0.15) is 5.56 Å². The zero-order chi connectivity index (χ0) is 19.3. The molecule has 0 radical (unpaired) electrons. The minimum absolute atomic E-state index is 0.159. The topological polar surface area (TPSA) is 55.4 Å². The predicted octanol–water partition coefficient (Wildman–Crippen LogP) is 5.44. The number of ether oxygens (including phenoxy) is 1. The maximum absolute atomic E-state index is 12.7. The van der Waals surface area contributed by atoms with Crippen molar-refractivity contribution in [1.29, 1.82) is 0 Å². The Balaban J connectivity index is 1.71. The molecule has 3 aromatic carbocycles. The number of nitrogens with one attached hydrogen (secondary N) is 1. The van der Waals surface area contributed by atoms with Crippen LogP contribution in [0, 0.1) is 0 Å². The van der Waals surface area contributed by atoms with Gasteiger partial charge in [-0.3, -0.25) is 4.72 Å². The number of thioether (sulfide) groups is 1. The van der Waals surface area contributed by atoms with Crippen LogP contribution in [0.2, 0.25) is 5.02 Å². The molecule has 7 heteroatoms. The molecular weight excluding hydrogens is 402 g/mol. The summed E-state index contributed by atoms with van der Waals surface area (Å²) in [6.45, 7) is 0.450. The molecule has 0 fully saturated rings. The molecule has 0 aliphatic carbocycles. The van der Waals surface area contributed by atoms with Gasteiger partial charge in [0.15, 0.2) is 0 Å². The molecule has 3 rings (SSSR count). The third-order valence-corrected chi connectivity index (χ3v) is 6.35. The predicted molar refractivity (Wildman–Crippen MR) is 111 cm³/mol. The summed E-state index contributed by atoms with van der Waals surface area (Å²) in [7, 11) is -3.74. The highest BCUT2D eigenvalue weighted by atomic mass is 35.5. The van der Waals surface area contributed by atoms with Crippen molar-refractivity contribution in [2.75, 3.05) is 11.0 Å². The molecule has 0 aromatic heterocycles. The van der Waals surface area contributed by atoms with Crippen molar-refractivity contribution in [2.45, 2.75) is 16.4 Å². The van der Waals surface area contributed by atoms with E-state index in [0.29, 0.717) is 28.0 Å². The summed E-state index contributed by atoms with van der Waals surface area (Å²) in [5, 5.41) is 0.373. The molecule has 27 heavy (non-hydrogen) atoms. The van der Waals surface area contributed by atoms with Crippen LogP contribution in [-0.4, -0.2) is 14.7 Å². The van der Waals surface area contributed by atoms with Gasteiger partial charge >= 0.3 is 0 Å². The van der Waals surface area contributed by atoms with E-state index in [1.807, 2.05) is 36.6 Å². The van der Waals surface area contributed by atoms with Crippen molar-refractivity contribution in [2.24, 2.45) is 0 Å². The third kappa shape index (κ3) is 5.19. The third-order valence-electron chi connectivity index (χ3n) is 3.77. The molecule has 0 aliphatic heterocycles. The van der Waals surface area contributed by atoms with Crippen LogP contribution in [0.5, 0.6) is 5.75 Å². The molecule has 3 aromatic rings. The first kappa shape index (κ1) is 19.6. The van der Waals surface area contributed by atoms with Gasteiger partial charge in [-0.1, -0.05) is 41.9 Å². The van der Waals surface area contributed by atoms with Crippen LogP contribution in [-0.2, 0) is 16.6 Å². The average molecular weight is 420 g/mol. The molecule has 0 saturated carbocycles. The maximum Gasteiger partial charge on any atom is 0.263 e. The number of hydrogen-bond donors (Lipinski definition) is 1. The highest BCUT2D eigenvalue weighted by Gasteiger charge is 2.19. The van der Waals surface area contributed by atoms with Gasteiger partial charge in [-0.15, -0.1) is 11.8 Å². The van der Waals surface area contributed by atoms with Crippen LogP contribution in [0.4, 0.5) is 5.69 Å². The van der Waals surface area contributed by atoms with Gasteiger partial charge in [0.1, 0.15) is 17.3 Å². The maximum atomic E-state index is 12.7. The largest absolute Gasteiger partial charge is 0.489 e. The molecule has 0 heterocycles. The molecular formula is C20H18ClNO3S2. The summed E-state index contributed by atoms with van der Waals surface area (Å²) < 4.78 is 33.7. The monoisotopic (exact) mass is 419 g/mol.